The van der Waals surface area contributed by atoms with Crippen molar-refractivity contribution in [1.29, 1.82) is 0 Å². The van der Waals surface area contributed by atoms with Crippen LogP contribution in [0.2, 0.25) is 0 Å². The van der Waals surface area contributed by atoms with Gasteiger partial charge in [-0.05, 0) is 37.0 Å². The molecule has 1 fully saturated rings. The second kappa shape index (κ2) is 3.38. The van der Waals surface area contributed by atoms with E-state index in [1.54, 1.807) is 0 Å². The van der Waals surface area contributed by atoms with E-state index in [9.17, 15) is 0 Å². The molecule has 1 rings (SSSR count). The molecule has 1 saturated carbocycles. The molecule has 0 saturated heterocycles. The van der Waals surface area contributed by atoms with Gasteiger partial charge in [-0.3, -0.25) is 0 Å². The lowest BCUT2D eigenvalue weighted by molar-refractivity contribution is 0.138. The van der Waals surface area contributed by atoms with Crippen LogP contribution in [0.1, 0.15) is 33.1 Å². The van der Waals surface area contributed by atoms with Gasteiger partial charge in [0.25, 0.3) is 0 Å². The van der Waals surface area contributed by atoms with Crippen molar-refractivity contribution in [2.75, 3.05) is 6.61 Å². The molecule has 1 aliphatic carbocycles. The lowest BCUT2D eigenvalue weighted by Crippen LogP contribution is -2.21. The van der Waals surface area contributed by atoms with Gasteiger partial charge in [-0.2, -0.15) is 0 Å². The number of hydrogen-bond donors (Lipinski definition) is 1. The molecule has 0 aromatic heterocycles. The lowest BCUT2D eigenvalue weighted by atomic mass is 9.77. The molecule has 0 amide bonds. The first-order valence-electron chi connectivity index (χ1n) is 4.33. The summed E-state index contributed by atoms with van der Waals surface area (Å²) >= 11 is 0. The van der Waals surface area contributed by atoms with Crippen LogP contribution in [0, 0.1) is 17.8 Å². The van der Waals surface area contributed by atoms with Gasteiger partial charge in [-0.25, -0.2) is 0 Å². The Morgan fingerprint density at radius 2 is 1.60 bits per heavy atom. The van der Waals surface area contributed by atoms with Gasteiger partial charge in [0, 0.05) is 6.61 Å². The van der Waals surface area contributed by atoms with Gasteiger partial charge < -0.3 is 5.11 Å². The van der Waals surface area contributed by atoms with Gasteiger partial charge in [0.15, 0.2) is 0 Å². The maximum Gasteiger partial charge on any atom is 0.0459 e. The third kappa shape index (κ3) is 1.98. The third-order valence-electron chi connectivity index (χ3n) is 2.53. The van der Waals surface area contributed by atoms with Crippen molar-refractivity contribution in [3.05, 3.63) is 0 Å². The van der Waals surface area contributed by atoms with E-state index < -0.39 is 0 Å². The second-order valence-corrected chi connectivity index (χ2v) is 3.97. The first kappa shape index (κ1) is 8.06. The van der Waals surface area contributed by atoms with Crippen molar-refractivity contribution in [3.8, 4) is 0 Å². The van der Waals surface area contributed by atoms with Crippen LogP contribution in [0.25, 0.3) is 0 Å². The summed E-state index contributed by atoms with van der Waals surface area (Å²) in [5.41, 5.74) is 0. The monoisotopic (exact) mass is 142 g/mol. The van der Waals surface area contributed by atoms with Gasteiger partial charge in [-0.1, -0.05) is 13.8 Å². The normalized spacial score (nSPS) is 41.7. The zero-order chi connectivity index (χ0) is 7.56. The summed E-state index contributed by atoms with van der Waals surface area (Å²) in [4.78, 5) is 0. The number of rotatable bonds is 1. The van der Waals surface area contributed by atoms with E-state index in [-0.39, 0.29) is 0 Å². The van der Waals surface area contributed by atoms with Crippen molar-refractivity contribution in [2.45, 2.75) is 33.1 Å². The Hall–Kier alpha value is -0.0400. The number of aliphatic hydroxyl groups excluding tert-OH is 1. The van der Waals surface area contributed by atoms with Crippen molar-refractivity contribution in [2.24, 2.45) is 17.8 Å². The highest BCUT2D eigenvalue weighted by Crippen LogP contribution is 2.32. The molecule has 3 atom stereocenters. The molecule has 0 bridgehead atoms. The minimum atomic E-state index is 0.397. The molecule has 0 heterocycles. The van der Waals surface area contributed by atoms with Crippen LogP contribution < -0.4 is 0 Å². The highest BCUT2D eigenvalue weighted by Gasteiger charge is 2.22. The minimum Gasteiger partial charge on any atom is -0.396 e. The first-order valence-corrected chi connectivity index (χ1v) is 4.33. The topological polar surface area (TPSA) is 20.2 Å². The van der Waals surface area contributed by atoms with Gasteiger partial charge in [0.05, 0.1) is 0 Å². The molecule has 10 heavy (non-hydrogen) atoms. The fourth-order valence-corrected chi connectivity index (χ4v) is 2.26. The molecule has 0 aliphatic heterocycles. The van der Waals surface area contributed by atoms with E-state index in [0.29, 0.717) is 12.5 Å². The molecular weight excluding hydrogens is 124 g/mol. The zero-order valence-corrected chi connectivity index (χ0v) is 7.01. The predicted molar refractivity (Wildman–Crippen MR) is 42.8 cm³/mol. The van der Waals surface area contributed by atoms with Gasteiger partial charge >= 0.3 is 0 Å². The summed E-state index contributed by atoms with van der Waals surface area (Å²) in [6, 6.07) is 0. The third-order valence-corrected chi connectivity index (χ3v) is 2.53. The highest BCUT2D eigenvalue weighted by atomic mass is 16.3. The van der Waals surface area contributed by atoms with Crippen LogP contribution in [-0.2, 0) is 0 Å². The average molecular weight is 142 g/mol. The SMILES string of the molecule is C[C@@H]1C[C@H](C)C[C@H](CO)C1. The van der Waals surface area contributed by atoms with Gasteiger partial charge in [0.1, 0.15) is 0 Å². The van der Waals surface area contributed by atoms with Crippen LogP contribution in [0.15, 0.2) is 0 Å². The zero-order valence-electron chi connectivity index (χ0n) is 7.01. The molecule has 1 aliphatic rings. The lowest BCUT2D eigenvalue weighted by Gasteiger charge is -2.29. The van der Waals surface area contributed by atoms with Crippen molar-refractivity contribution < 1.29 is 5.11 Å². The summed E-state index contributed by atoms with van der Waals surface area (Å²) in [7, 11) is 0. The van der Waals surface area contributed by atoms with Crippen LogP contribution in [-0.4, -0.2) is 11.7 Å². The van der Waals surface area contributed by atoms with Gasteiger partial charge in [0.2, 0.25) is 0 Å². The summed E-state index contributed by atoms with van der Waals surface area (Å²) in [5, 5.41) is 8.93. The van der Waals surface area contributed by atoms with Crippen molar-refractivity contribution in [1.82, 2.24) is 0 Å². The van der Waals surface area contributed by atoms with E-state index in [4.69, 9.17) is 5.11 Å². The van der Waals surface area contributed by atoms with Crippen LogP contribution >= 0.6 is 0 Å². The Balaban J connectivity index is 2.35. The summed E-state index contributed by atoms with van der Waals surface area (Å²) in [5.74, 6) is 2.26. The Bertz CT molecular complexity index is 90.9. The van der Waals surface area contributed by atoms with Crippen LogP contribution in [0.5, 0.6) is 0 Å². The first-order chi connectivity index (χ1) is 4.72. The molecule has 0 aromatic rings. The molecule has 1 heteroatoms. The maximum absolute atomic E-state index is 8.93. The summed E-state index contributed by atoms with van der Waals surface area (Å²) < 4.78 is 0. The molecule has 60 valence electrons. The van der Waals surface area contributed by atoms with Crippen molar-refractivity contribution in [3.63, 3.8) is 0 Å². The Morgan fingerprint density at radius 1 is 1.10 bits per heavy atom. The van der Waals surface area contributed by atoms with Crippen LogP contribution in [0.3, 0.4) is 0 Å². The van der Waals surface area contributed by atoms with E-state index in [1.165, 1.54) is 19.3 Å². The van der Waals surface area contributed by atoms with Crippen molar-refractivity contribution >= 4 is 0 Å². The molecule has 0 spiro atoms. The quantitative estimate of drug-likeness (QED) is 0.594. The Labute approximate surface area is 63.4 Å². The minimum absolute atomic E-state index is 0.397. The largest absolute Gasteiger partial charge is 0.396 e. The number of aliphatic hydroxyl groups is 1. The standard InChI is InChI=1S/C9H18O/c1-7-3-8(2)5-9(4-7)6-10/h7-10H,3-6H2,1-2H3/t7-,8+,9-. The fourth-order valence-electron chi connectivity index (χ4n) is 2.26. The molecule has 1 nitrogen and oxygen atoms in total. The van der Waals surface area contributed by atoms with Crippen LogP contribution in [0.4, 0.5) is 0 Å². The van der Waals surface area contributed by atoms with E-state index in [2.05, 4.69) is 13.8 Å². The van der Waals surface area contributed by atoms with E-state index in [0.717, 1.165) is 11.8 Å². The Morgan fingerprint density at radius 3 is 2.00 bits per heavy atom. The average Bonchev–Trinajstić information content (AvgIpc) is 1.85. The molecule has 0 aromatic carbocycles. The summed E-state index contributed by atoms with van der Waals surface area (Å²) in [6.07, 6.45) is 3.83. The smallest absolute Gasteiger partial charge is 0.0459 e. The highest BCUT2D eigenvalue weighted by molar-refractivity contribution is 4.73. The van der Waals surface area contributed by atoms with E-state index >= 15 is 0 Å². The molecule has 0 radical (unpaired) electrons. The maximum atomic E-state index is 8.93. The summed E-state index contributed by atoms with van der Waals surface area (Å²) in [6.45, 7) is 4.98. The predicted octanol–water partition coefficient (Wildman–Crippen LogP) is 2.05. The van der Waals surface area contributed by atoms with E-state index in [1.807, 2.05) is 0 Å². The molecule has 1 N–H and O–H groups in total. The van der Waals surface area contributed by atoms with Gasteiger partial charge in [-0.15, -0.1) is 0 Å². The number of hydrogen-bond acceptors (Lipinski definition) is 1. The second-order valence-electron chi connectivity index (χ2n) is 3.97. The molecular formula is C9H18O. The fraction of sp³-hybridized carbons (Fsp3) is 1.00. The molecule has 0 unspecified atom stereocenters. The Kier molecular flexibility index (Phi) is 2.72.